The van der Waals surface area contributed by atoms with Gasteiger partial charge >= 0.3 is 5.97 Å². The van der Waals surface area contributed by atoms with Gasteiger partial charge in [0.25, 0.3) is 0 Å². The predicted molar refractivity (Wildman–Crippen MR) is 30.9 cm³/mol. The lowest BCUT2D eigenvalue weighted by Gasteiger charge is -1.95. The monoisotopic (exact) mass is 132 g/mol. The van der Waals surface area contributed by atoms with Gasteiger partial charge in [0.1, 0.15) is 6.54 Å². The van der Waals surface area contributed by atoms with Crippen LogP contribution in [0.1, 0.15) is 13.3 Å². The molecular weight excluding hydrogens is 122 g/mol. The highest BCUT2D eigenvalue weighted by atomic mass is 16.4. The summed E-state index contributed by atoms with van der Waals surface area (Å²) in [4.78, 5) is 20.4. The first-order valence-corrected chi connectivity index (χ1v) is 2.59. The predicted octanol–water partition coefficient (Wildman–Crippen LogP) is -0.403. The Morgan fingerprint density at radius 2 is 2.33 bits per heavy atom. The Labute approximate surface area is 54.3 Å². The van der Waals surface area contributed by atoms with E-state index in [1.165, 1.54) is 0 Å². The van der Waals surface area contributed by atoms with Crippen LogP contribution in [0.15, 0.2) is 0 Å². The number of hydrogen-bond acceptors (Lipinski definition) is 2. The van der Waals surface area contributed by atoms with E-state index < -0.39 is 18.4 Å². The van der Waals surface area contributed by atoms with E-state index in [9.17, 15) is 9.59 Å². The second kappa shape index (κ2) is 3.88. The highest BCUT2D eigenvalue weighted by Crippen LogP contribution is 1.72. The van der Waals surface area contributed by atoms with Crippen LogP contribution < -0.4 is 5.31 Å². The van der Waals surface area contributed by atoms with E-state index >= 15 is 0 Å². The highest BCUT2D eigenvalue weighted by molar-refractivity contribution is 5.80. The minimum atomic E-state index is -1.17. The van der Waals surface area contributed by atoms with Crippen LogP contribution in [0, 0.1) is 0 Å². The van der Waals surface area contributed by atoms with Crippen LogP contribution in [0.4, 0.5) is 0 Å². The molecule has 0 radical (unpaired) electrons. The summed E-state index contributed by atoms with van der Waals surface area (Å²) in [6.07, 6.45) is 0.163. The van der Waals surface area contributed by atoms with Gasteiger partial charge in [-0.3, -0.25) is 9.59 Å². The number of hydrogen-bond donors (Lipinski definition) is 2. The zero-order chi connectivity index (χ0) is 8.15. The van der Waals surface area contributed by atoms with Crippen LogP contribution in [-0.2, 0) is 9.59 Å². The number of carboxylic acid groups (broad SMARTS) is 1. The molecule has 0 aliphatic heterocycles. The molecule has 2 N–H and O–H groups in total. The molecule has 0 aromatic heterocycles. The molecular formula is C5H9NO3. The van der Waals surface area contributed by atoms with Gasteiger partial charge in [-0.2, -0.15) is 0 Å². The Bertz CT molecular complexity index is 148. The molecule has 1 amide bonds. The van der Waals surface area contributed by atoms with Crippen LogP contribution >= 0.6 is 0 Å². The third kappa shape index (κ3) is 4.80. The van der Waals surface area contributed by atoms with Crippen molar-refractivity contribution < 1.29 is 16.1 Å². The van der Waals surface area contributed by atoms with Gasteiger partial charge in [-0.25, -0.2) is 0 Å². The van der Waals surface area contributed by atoms with Crippen LogP contribution in [-0.4, -0.2) is 23.5 Å². The fourth-order valence-electron chi connectivity index (χ4n) is 0.268. The van der Waals surface area contributed by atoms with Crippen LogP contribution in [0.3, 0.4) is 0 Å². The van der Waals surface area contributed by atoms with E-state index in [4.69, 9.17) is 6.52 Å². The molecule has 0 fully saturated rings. The molecule has 4 nitrogen and oxygen atoms in total. The van der Waals surface area contributed by atoms with Gasteiger partial charge in [-0.05, 0) is 0 Å². The Hall–Kier alpha value is -1.06. The highest BCUT2D eigenvalue weighted by Gasteiger charge is 1.98. The summed E-state index contributed by atoms with van der Waals surface area (Å²) in [5, 5.41) is 8.55. The summed E-state index contributed by atoms with van der Waals surface area (Å²) >= 11 is 0. The molecule has 0 heterocycles. The second-order valence-corrected chi connectivity index (χ2v) is 1.46. The molecule has 52 valence electrons. The molecule has 0 saturated carbocycles. The average molecular weight is 132 g/mol. The molecule has 0 atom stereocenters. The molecule has 0 aliphatic carbocycles. The fraction of sp³-hybridized carbons (Fsp3) is 0.600. The van der Waals surface area contributed by atoms with Gasteiger partial charge in [0.15, 0.2) is 1.41 Å². The molecule has 0 aliphatic rings. The Kier molecular flexibility index (Phi) is 2.62. The van der Waals surface area contributed by atoms with Crippen molar-refractivity contribution in [3.63, 3.8) is 0 Å². The topological polar surface area (TPSA) is 66.4 Å². The Morgan fingerprint density at radius 1 is 1.78 bits per heavy atom. The number of aliphatic carboxylic acids is 1. The lowest BCUT2D eigenvalue weighted by molar-refractivity contribution is -0.137. The molecule has 0 rings (SSSR count). The first-order valence-electron chi connectivity index (χ1n) is 3.03. The van der Waals surface area contributed by atoms with E-state index in [2.05, 4.69) is 0 Å². The summed E-state index contributed by atoms with van der Waals surface area (Å²) in [5.74, 6) is -1.65. The summed E-state index contributed by atoms with van der Waals surface area (Å²) in [5.41, 5.74) is 0. The molecule has 4 heteroatoms. The zero-order valence-electron chi connectivity index (χ0n) is 6.13. The third-order valence-corrected chi connectivity index (χ3v) is 0.693. The maximum Gasteiger partial charge on any atom is 0.322 e. The first kappa shape index (κ1) is 6.07. The number of carbonyl (C=O) groups excluding carboxylic acids is 1. The van der Waals surface area contributed by atoms with Crippen molar-refractivity contribution in [3.05, 3.63) is 0 Å². The van der Waals surface area contributed by atoms with Crippen molar-refractivity contribution in [2.45, 2.75) is 13.3 Å². The standard InChI is InChI=1S/C5H9NO3/c1-2-4(7)6-3-5(8)9/h2-3H2,1H3,(H,6,7)(H,8,9)/i/hD. The molecule has 9 heavy (non-hydrogen) atoms. The number of carbonyl (C=O) groups is 2. The van der Waals surface area contributed by atoms with E-state index in [0.29, 0.717) is 5.31 Å². The minimum absolute atomic E-state index is 0.163. The SMILES string of the molecule is [2H]N(CC(=O)O)C(=O)CC. The quantitative estimate of drug-likeness (QED) is 0.549. The minimum Gasteiger partial charge on any atom is -0.480 e. The van der Waals surface area contributed by atoms with Crippen LogP contribution in [0.5, 0.6) is 0 Å². The summed E-state index contributed by atoms with van der Waals surface area (Å²) in [6.45, 7) is 1.03. The molecule has 0 aromatic rings. The Balaban J connectivity index is 3.72. The number of amides is 1. The van der Waals surface area contributed by atoms with E-state index in [1.807, 2.05) is 0 Å². The van der Waals surface area contributed by atoms with Gasteiger partial charge in [0, 0.05) is 6.42 Å². The maximum atomic E-state index is 10.5. The lowest BCUT2D eigenvalue weighted by atomic mass is 10.4. The van der Waals surface area contributed by atoms with Gasteiger partial charge < -0.3 is 10.4 Å². The van der Waals surface area contributed by atoms with Gasteiger partial charge in [0.2, 0.25) is 5.91 Å². The molecule has 0 bridgehead atoms. The van der Waals surface area contributed by atoms with Gasteiger partial charge in [0.05, 0.1) is 0 Å². The van der Waals surface area contributed by atoms with Crippen LogP contribution in [0.25, 0.3) is 0 Å². The maximum absolute atomic E-state index is 10.5. The zero-order valence-corrected chi connectivity index (χ0v) is 5.13. The third-order valence-electron chi connectivity index (χ3n) is 0.693. The van der Waals surface area contributed by atoms with E-state index in [0.717, 1.165) is 0 Å². The molecule has 0 saturated heterocycles. The van der Waals surface area contributed by atoms with Crippen molar-refractivity contribution in [1.82, 2.24) is 5.31 Å². The van der Waals surface area contributed by atoms with Gasteiger partial charge in [-0.1, -0.05) is 6.92 Å². The normalized spacial score (nSPS) is 10.1. The smallest absolute Gasteiger partial charge is 0.322 e. The van der Waals surface area contributed by atoms with Gasteiger partial charge in [-0.15, -0.1) is 0 Å². The number of rotatable bonds is 3. The second-order valence-electron chi connectivity index (χ2n) is 1.46. The summed E-state index contributed by atoms with van der Waals surface area (Å²) < 4.78 is 6.81. The Morgan fingerprint density at radius 3 is 2.67 bits per heavy atom. The van der Waals surface area contributed by atoms with Crippen molar-refractivity contribution in [2.75, 3.05) is 6.54 Å². The molecule has 0 spiro atoms. The largest absolute Gasteiger partial charge is 0.480 e. The average Bonchev–Trinajstić information content (AvgIpc) is 1.85. The van der Waals surface area contributed by atoms with E-state index in [-0.39, 0.29) is 6.42 Å². The van der Waals surface area contributed by atoms with Crippen molar-refractivity contribution >= 4 is 11.9 Å². The van der Waals surface area contributed by atoms with Crippen LogP contribution in [0.2, 0.25) is 1.41 Å². The fourth-order valence-corrected chi connectivity index (χ4v) is 0.268. The molecule has 0 unspecified atom stereocenters. The van der Waals surface area contributed by atoms with E-state index in [1.54, 1.807) is 6.92 Å². The van der Waals surface area contributed by atoms with Crippen molar-refractivity contribution in [3.8, 4) is 0 Å². The van der Waals surface area contributed by atoms with Crippen molar-refractivity contribution in [1.29, 1.82) is 0 Å². The summed E-state index contributed by atoms with van der Waals surface area (Å²) in [7, 11) is 0. The lowest BCUT2D eigenvalue weighted by Crippen LogP contribution is -2.28. The number of carboxylic acids is 1. The molecule has 0 aromatic carbocycles. The van der Waals surface area contributed by atoms with Crippen molar-refractivity contribution in [2.24, 2.45) is 0 Å². The first-order chi connectivity index (χ1) is 4.57. The number of nitrogens with one attached hydrogen (secondary N) is 1. The summed E-state index contributed by atoms with van der Waals surface area (Å²) in [6, 6.07) is 0.